The van der Waals surface area contributed by atoms with Gasteiger partial charge in [-0.3, -0.25) is 14.3 Å². The second-order valence-corrected chi connectivity index (χ2v) is 4.00. The Kier molecular flexibility index (Phi) is 4.12. The van der Waals surface area contributed by atoms with Crippen LogP contribution in [0, 0.1) is 0 Å². The monoisotopic (exact) mass is 291 g/mol. The molecule has 0 aliphatic carbocycles. The van der Waals surface area contributed by atoms with Gasteiger partial charge < -0.3 is 15.0 Å². The maximum Gasteiger partial charge on any atom is 0.343 e. The number of amides is 1. The van der Waals surface area contributed by atoms with E-state index >= 15 is 0 Å². The highest BCUT2D eigenvalue weighted by atomic mass is 16.5. The molecule has 2 rings (SSSR count). The van der Waals surface area contributed by atoms with E-state index in [4.69, 9.17) is 4.74 Å². The number of aromatic amines is 1. The summed E-state index contributed by atoms with van der Waals surface area (Å²) >= 11 is 0. The molecule has 0 saturated carbocycles. The van der Waals surface area contributed by atoms with Crippen LogP contribution in [0.25, 0.3) is 0 Å². The molecule has 0 fully saturated rings. The second kappa shape index (κ2) is 5.99. The number of aryl methyl sites for hydroxylation is 1. The van der Waals surface area contributed by atoms with Crippen LogP contribution in [-0.4, -0.2) is 38.2 Å². The minimum absolute atomic E-state index is 0.0743. The Bertz CT molecular complexity index is 733. The Morgan fingerprint density at radius 3 is 2.90 bits per heavy atom. The minimum Gasteiger partial charge on any atom is -0.462 e. The third-order valence-corrected chi connectivity index (χ3v) is 2.58. The largest absolute Gasteiger partial charge is 0.462 e. The third kappa shape index (κ3) is 3.14. The quantitative estimate of drug-likeness (QED) is 0.761. The van der Waals surface area contributed by atoms with E-state index in [1.807, 2.05) is 0 Å². The van der Waals surface area contributed by atoms with Gasteiger partial charge in [0.2, 0.25) is 0 Å². The lowest BCUT2D eigenvalue weighted by atomic mass is 10.3. The number of nitrogens with one attached hydrogen (secondary N) is 2. The molecule has 0 unspecified atom stereocenters. The standard InChI is InChI=1S/C12H13N5O4/c1-3-21-12(20)7-5-15-17(2)10(7)16-11(19)8-4-9(18)14-6-13-8/h4-6H,3H2,1-2H3,(H,16,19)(H,13,14,18). The van der Waals surface area contributed by atoms with E-state index in [2.05, 4.69) is 20.4 Å². The number of esters is 1. The smallest absolute Gasteiger partial charge is 0.343 e. The van der Waals surface area contributed by atoms with Gasteiger partial charge in [0.05, 0.1) is 19.1 Å². The molecule has 0 saturated heterocycles. The van der Waals surface area contributed by atoms with Crippen LogP contribution < -0.4 is 10.9 Å². The predicted molar refractivity (Wildman–Crippen MR) is 72.0 cm³/mol. The normalized spacial score (nSPS) is 10.2. The first-order valence-corrected chi connectivity index (χ1v) is 6.08. The van der Waals surface area contributed by atoms with E-state index in [1.165, 1.54) is 10.9 Å². The highest BCUT2D eigenvalue weighted by molar-refractivity contribution is 6.06. The lowest BCUT2D eigenvalue weighted by molar-refractivity contribution is 0.0527. The van der Waals surface area contributed by atoms with Crippen molar-refractivity contribution in [1.29, 1.82) is 0 Å². The van der Waals surface area contributed by atoms with Gasteiger partial charge in [0.15, 0.2) is 0 Å². The predicted octanol–water partition coefficient (Wildman–Crippen LogP) is -0.0676. The van der Waals surface area contributed by atoms with Crippen molar-refractivity contribution in [3.05, 3.63) is 40.2 Å². The fourth-order valence-corrected chi connectivity index (χ4v) is 1.61. The molecule has 0 aromatic carbocycles. The molecule has 110 valence electrons. The van der Waals surface area contributed by atoms with Crippen molar-refractivity contribution in [1.82, 2.24) is 19.7 Å². The summed E-state index contributed by atoms with van der Waals surface area (Å²) in [5, 5.41) is 6.38. The van der Waals surface area contributed by atoms with Gasteiger partial charge in [0.1, 0.15) is 17.1 Å². The van der Waals surface area contributed by atoms with Crippen molar-refractivity contribution in [3.8, 4) is 0 Å². The summed E-state index contributed by atoms with van der Waals surface area (Å²) < 4.78 is 6.19. The van der Waals surface area contributed by atoms with Gasteiger partial charge in [-0.05, 0) is 6.92 Å². The number of H-pyrrole nitrogens is 1. The van der Waals surface area contributed by atoms with Crippen molar-refractivity contribution in [2.75, 3.05) is 11.9 Å². The molecule has 2 aromatic heterocycles. The number of aromatic nitrogens is 4. The third-order valence-electron chi connectivity index (χ3n) is 2.58. The number of hydrogen-bond acceptors (Lipinski definition) is 6. The first-order valence-electron chi connectivity index (χ1n) is 6.08. The fraction of sp³-hybridized carbons (Fsp3) is 0.250. The molecule has 1 amide bonds. The highest BCUT2D eigenvalue weighted by Gasteiger charge is 2.20. The second-order valence-electron chi connectivity index (χ2n) is 4.00. The summed E-state index contributed by atoms with van der Waals surface area (Å²) in [6, 6.07) is 1.05. The van der Waals surface area contributed by atoms with E-state index < -0.39 is 17.4 Å². The Balaban J connectivity index is 2.27. The molecule has 0 aliphatic rings. The van der Waals surface area contributed by atoms with E-state index in [1.54, 1.807) is 14.0 Å². The summed E-state index contributed by atoms with van der Waals surface area (Å²) in [6.07, 6.45) is 2.41. The first-order chi connectivity index (χ1) is 10.0. The molecule has 0 radical (unpaired) electrons. The molecule has 0 atom stereocenters. The van der Waals surface area contributed by atoms with Gasteiger partial charge in [-0.1, -0.05) is 0 Å². The Hall–Kier alpha value is -2.97. The molecule has 2 N–H and O–H groups in total. The van der Waals surface area contributed by atoms with Crippen molar-refractivity contribution >= 4 is 17.7 Å². The summed E-state index contributed by atoms with van der Waals surface area (Å²) in [5.41, 5.74) is -0.405. The topological polar surface area (TPSA) is 119 Å². The number of anilines is 1. The van der Waals surface area contributed by atoms with Crippen molar-refractivity contribution in [2.45, 2.75) is 6.92 Å². The van der Waals surface area contributed by atoms with Crippen LogP contribution >= 0.6 is 0 Å². The van der Waals surface area contributed by atoms with Crippen molar-refractivity contribution in [3.63, 3.8) is 0 Å². The van der Waals surface area contributed by atoms with Gasteiger partial charge in [0, 0.05) is 13.1 Å². The summed E-state index contributed by atoms with van der Waals surface area (Å²) in [7, 11) is 1.56. The molecule has 0 spiro atoms. The molecular weight excluding hydrogens is 278 g/mol. The molecule has 9 heteroatoms. The number of rotatable bonds is 4. The van der Waals surface area contributed by atoms with Crippen LogP contribution in [0.4, 0.5) is 5.82 Å². The van der Waals surface area contributed by atoms with Gasteiger partial charge in [-0.2, -0.15) is 5.10 Å². The molecule has 0 aliphatic heterocycles. The van der Waals surface area contributed by atoms with Crippen LogP contribution in [-0.2, 0) is 11.8 Å². The Labute approximate surface area is 119 Å². The molecule has 2 heterocycles. The van der Waals surface area contributed by atoms with Crippen molar-refractivity contribution < 1.29 is 14.3 Å². The maximum absolute atomic E-state index is 12.0. The minimum atomic E-state index is -0.629. The molecule has 2 aromatic rings. The molecule has 21 heavy (non-hydrogen) atoms. The number of nitrogens with zero attached hydrogens (tertiary/aromatic N) is 3. The number of hydrogen-bond donors (Lipinski definition) is 2. The molecule has 0 bridgehead atoms. The summed E-state index contributed by atoms with van der Waals surface area (Å²) in [4.78, 5) is 41.0. The van der Waals surface area contributed by atoms with E-state index in [-0.39, 0.29) is 23.7 Å². The fourth-order valence-electron chi connectivity index (χ4n) is 1.61. The summed E-state index contributed by atoms with van der Waals surface area (Å²) in [6.45, 7) is 1.88. The zero-order valence-electron chi connectivity index (χ0n) is 11.4. The van der Waals surface area contributed by atoms with Gasteiger partial charge in [0.25, 0.3) is 11.5 Å². The van der Waals surface area contributed by atoms with Gasteiger partial charge in [-0.15, -0.1) is 0 Å². The van der Waals surface area contributed by atoms with Gasteiger partial charge >= 0.3 is 5.97 Å². The number of carbonyl (C=O) groups is 2. The van der Waals surface area contributed by atoms with Gasteiger partial charge in [-0.25, -0.2) is 9.78 Å². The van der Waals surface area contributed by atoms with Crippen LogP contribution in [0.5, 0.6) is 0 Å². The Morgan fingerprint density at radius 2 is 2.24 bits per heavy atom. The number of ether oxygens (including phenoxy) is 1. The lowest BCUT2D eigenvalue weighted by Gasteiger charge is -2.07. The SMILES string of the molecule is CCOC(=O)c1cnn(C)c1NC(=O)c1cc(=O)[nH]cn1. The maximum atomic E-state index is 12.0. The van der Waals surface area contributed by atoms with Crippen LogP contribution in [0.15, 0.2) is 23.4 Å². The van der Waals surface area contributed by atoms with Crippen LogP contribution in [0.1, 0.15) is 27.8 Å². The zero-order chi connectivity index (χ0) is 15.4. The first kappa shape index (κ1) is 14.4. The molecule has 9 nitrogen and oxygen atoms in total. The summed E-state index contributed by atoms with van der Waals surface area (Å²) in [5.74, 6) is -1.06. The van der Waals surface area contributed by atoms with Crippen LogP contribution in [0.3, 0.4) is 0 Å². The van der Waals surface area contributed by atoms with Crippen LogP contribution in [0.2, 0.25) is 0 Å². The van der Waals surface area contributed by atoms with E-state index in [0.29, 0.717) is 0 Å². The number of carbonyl (C=O) groups excluding carboxylic acids is 2. The average molecular weight is 291 g/mol. The average Bonchev–Trinajstić information content (AvgIpc) is 2.80. The van der Waals surface area contributed by atoms with E-state index in [9.17, 15) is 14.4 Å². The van der Waals surface area contributed by atoms with E-state index in [0.717, 1.165) is 12.4 Å². The Morgan fingerprint density at radius 1 is 1.48 bits per heavy atom. The zero-order valence-corrected chi connectivity index (χ0v) is 11.4. The highest BCUT2D eigenvalue weighted by Crippen LogP contribution is 2.16. The molecular formula is C12H13N5O4. The lowest BCUT2D eigenvalue weighted by Crippen LogP contribution is -2.20. The van der Waals surface area contributed by atoms with Crippen molar-refractivity contribution in [2.24, 2.45) is 7.05 Å².